The van der Waals surface area contributed by atoms with Gasteiger partial charge in [0.2, 0.25) is 0 Å². The van der Waals surface area contributed by atoms with E-state index in [9.17, 15) is 0 Å². The Bertz CT molecular complexity index is 929. The summed E-state index contributed by atoms with van der Waals surface area (Å²) in [6.07, 6.45) is 7.73. The van der Waals surface area contributed by atoms with E-state index in [0.29, 0.717) is 12.0 Å². The van der Waals surface area contributed by atoms with Gasteiger partial charge in [-0.25, -0.2) is 0 Å². The third kappa shape index (κ3) is 4.54. The minimum Gasteiger partial charge on any atom is -0.377 e. The van der Waals surface area contributed by atoms with Crippen molar-refractivity contribution in [3.8, 4) is 0 Å². The molecule has 0 spiro atoms. The maximum absolute atomic E-state index is 6.17. The van der Waals surface area contributed by atoms with Crippen molar-refractivity contribution in [2.75, 3.05) is 12.4 Å². The number of ether oxygens (including phenoxy) is 1. The molecule has 152 valence electrons. The summed E-state index contributed by atoms with van der Waals surface area (Å²) >= 11 is 1.90. The molecule has 0 saturated heterocycles. The summed E-state index contributed by atoms with van der Waals surface area (Å²) in [5, 5.41) is 0. The molecule has 30 heavy (non-hydrogen) atoms. The zero-order valence-electron chi connectivity index (χ0n) is 17.0. The van der Waals surface area contributed by atoms with Crippen molar-refractivity contribution in [2.24, 2.45) is 11.8 Å². The van der Waals surface area contributed by atoms with Gasteiger partial charge in [-0.1, -0.05) is 48.6 Å². The van der Waals surface area contributed by atoms with Gasteiger partial charge in [-0.15, -0.1) is 11.8 Å². The van der Waals surface area contributed by atoms with Gasteiger partial charge < -0.3 is 4.74 Å². The van der Waals surface area contributed by atoms with Gasteiger partial charge in [-0.2, -0.15) is 0 Å². The largest absolute Gasteiger partial charge is 0.377 e. The molecule has 2 bridgehead atoms. The fraction of sp³-hybridized carbons (Fsp3) is 0.259. The van der Waals surface area contributed by atoms with Crippen LogP contribution in [-0.4, -0.2) is 18.5 Å². The van der Waals surface area contributed by atoms with Crippen LogP contribution in [0.1, 0.15) is 12.8 Å². The number of thioether (sulfide) groups is 1. The van der Waals surface area contributed by atoms with E-state index in [1.807, 2.05) is 11.8 Å². The Morgan fingerprint density at radius 1 is 0.733 bits per heavy atom. The molecule has 3 unspecified atom stereocenters. The molecule has 1 nitrogen and oxygen atoms in total. The lowest BCUT2D eigenvalue weighted by molar-refractivity contribution is 0.0474. The van der Waals surface area contributed by atoms with Gasteiger partial charge in [0.1, 0.15) is 0 Å². The minimum atomic E-state index is -0.0734. The van der Waals surface area contributed by atoms with Crippen molar-refractivity contribution in [2.45, 2.75) is 38.5 Å². The molecule has 3 atom stereocenters. The van der Waals surface area contributed by atoms with E-state index >= 15 is 0 Å². The molecule has 2 aliphatic rings. The van der Waals surface area contributed by atoms with Crippen LogP contribution in [0.5, 0.6) is 0 Å². The molecule has 0 radical (unpaired) electrons. The predicted molar refractivity (Wildman–Crippen MR) is 127 cm³/mol. The molecular weight excluding hydrogens is 404 g/mol. The summed E-state index contributed by atoms with van der Waals surface area (Å²) in [5.74, 6) is 2.47. The summed E-state index contributed by atoms with van der Waals surface area (Å²) in [5.41, 5.74) is 0. The Hall–Kier alpha value is -1.94. The normalized spacial score (nSPS) is 22.1. The number of benzene rings is 3. The van der Waals surface area contributed by atoms with Crippen LogP contribution >= 0.6 is 11.8 Å². The maximum atomic E-state index is 6.17. The molecule has 3 heteroatoms. The molecule has 5 rings (SSSR count). The molecular formula is C27H27OS2+. The standard InChI is InChI=1S/C27H27OS2/c1-3-7-24(8-4-1)30(25-9-5-2-6-10-25)26-15-13-23(14-16-26)29-18-17-28-27-20-21-11-12-22(27)19-21/h1-16,21-22,27H,17-20H2/q+1. The molecule has 1 fully saturated rings. The van der Waals surface area contributed by atoms with E-state index in [-0.39, 0.29) is 10.9 Å². The molecule has 0 amide bonds. The van der Waals surface area contributed by atoms with E-state index < -0.39 is 0 Å². The highest BCUT2D eigenvalue weighted by molar-refractivity contribution is 7.99. The first-order chi connectivity index (χ1) is 14.9. The van der Waals surface area contributed by atoms with Crippen LogP contribution in [0.2, 0.25) is 0 Å². The van der Waals surface area contributed by atoms with Crippen LogP contribution in [0.15, 0.2) is 117 Å². The first kappa shape index (κ1) is 20.0. The van der Waals surface area contributed by atoms with Crippen molar-refractivity contribution in [1.82, 2.24) is 0 Å². The Kier molecular flexibility index (Phi) is 6.31. The fourth-order valence-electron chi connectivity index (χ4n) is 4.47. The monoisotopic (exact) mass is 431 g/mol. The molecule has 0 aliphatic heterocycles. The summed E-state index contributed by atoms with van der Waals surface area (Å²) in [4.78, 5) is 5.40. The van der Waals surface area contributed by atoms with Crippen molar-refractivity contribution < 1.29 is 4.74 Å². The van der Waals surface area contributed by atoms with Gasteiger partial charge in [0.15, 0.2) is 14.7 Å². The second kappa shape index (κ2) is 9.47. The third-order valence-corrected chi connectivity index (χ3v) is 9.13. The highest BCUT2D eigenvalue weighted by Gasteiger charge is 2.36. The van der Waals surface area contributed by atoms with Gasteiger partial charge in [0, 0.05) is 16.6 Å². The highest BCUT2D eigenvalue weighted by Crippen LogP contribution is 2.40. The first-order valence-corrected chi connectivity index (χ1v) is 12.9. The van der Waals surface area contributed by atoms with Crippen LogP contribution < -0.4 is 0 Å². The number of allylic oxidation sites excluding steroid dienone is 1. The second-order valence-corrected chi connectivity index (χ2v) is 11.1. The zero-order valence-corrected chi connectivity index (χ0v) is 18.7. The van der Waals surface area contributed by atoms with Crippen LogP contribution in [0.4, 0.5) is 0 Å². The van der Waals surface area contributed by atoms with Gasteiger partial charge in [-0.3, -0.25) is 0 Å². The van der Waals surface area contributed by atoms with Crippen molar-refractivity contribution in [1.29, 1.82) is 0 Å². The molecule has 2 aliphatic carbocycles. The lowest BCUT2D eigenvalue weighted by Gasteiger charge is -2.18. The van der Waals surface area contributed by atoms with E-state index in [0.717, 1.165) is 18.3 Å². The summed E-state index contributed by atoms with van der Waals surface area (Å²) in [7, 11) is -0.0734. The van der Waals surface area contributed by atoms with Gasteiger partial charge in [0.05, 0.1) is 23.6 Å². The highest BCUT2D eigenvalue weighted by atomic mass is 32.2. The topological polar surface area (TPSA) is 9.23 Å². The van der Waals surface area contributed by atoms with Crippen molar-refractivity contribution in [3.05, 3.63) is 97.1 Å². The van der Waals surface area contributed by atoms with E-state index in [4.69, 9.17) is 4.74 Å². The summed E-state index contributed by atoms with van der Waals surface area (Å²) in [6.45, 7) is 0.840. The molecule has 0 heterocycles. The van der Waals surface area contributed by atoms with Gasteiger partial charge in [0.25, 0.3) is 0 Å². The zero-order chi connectivity index (χ0) is 20.2. The lowest BCUT2D eigenvalue weighted by atomic mass is 10.1. The summed E-state index contributed by atoms with van der Waals surface area (Å²) < 4.78 is 6.17. The van der Waals surface area contributed by atoms with Gasteiger partial charge in [-0.05, 0) is 67.3 Å². The first-order valence-electron chi connectivity index (χ1n) is 10.7. The van der Waals surface area contributed by atoms with Crippen LogP contribution in [0.3, 0.4) is 0 Å². The number of hydrogen-bond donors (Lipinski definition) is 0. The fourth-order valence-corrected chi connectivity index (χ4v) is 7.30. The number of hydrogen-bond acceptors (Lipinski definition) is 2. The second-order valence-electron chi connectivity index (χ2n) is 7.94. The third-order valence-electron chi connectivity index (χ3n) is 5.92. The maximum Gasteiger partial charge on any atom is 0.166 e. The lowest BCUT2D eigenvalue weighted by Crippen LogP contribution is -2.19. The Balaban J connectivity index is 1.22. The van der Waals surface area contributed by atoms with Crippen LogP contribution in [0.25, 0.3) is 0 Å². The van der Waals surface area contributed by atoms with Gasteiger partial charge >= 0.3 is 0 Å². The van der Waals surface area contributed by atoms with Crippen molar-refractivity contribution in [3.63, 3.8) is 0 Å². The average molecular weight is 432 g/mol. The van der Waals surface area contributed by atoms with Crippen LogP contribution in [0, 0.1) is 11.8 Å². The van der Waals surface area contributed by atoms with E-state index in [1.165, 1.54) is 32.4 Å². The molecule has 0 aromatic heterocycles. The minimum absolute atomic E-state index is 0.0734. The summed E-state index contributed by atoms with van der Waals surface area (Å²) in [6, 6.07) is 30.8. The van der Waals surface area contributed by atoms with E-state index in [2.05, 4.69) is 97.1 Å². The molecule has 1 saturated carbocycles. The molecule has 0 N–H and O–H groups in total. The quantitative estimate of drug-likeness (QED) is 0.167. The van der Waals surface area contributed by atoms with Crippen molar-refractivity contribution >= 4 is 22.7 Å². The smallest absolute Gasteiger partial charge is 0.166 e. The number of rotatable bonds is 8. The molecule has 3 aromatic rings. The SMILES string of the molecule is C1=CC2CC1CC2OCCSc1ccc([S+](c2ccccc2)c2ccccc2)cc1. The Morgan fingerprint density at radius 2 is 1.37 bits per heavy atom. The number of fused-ring (bicyclic) bond motifs is 2. The average Bonchev–Trinajstić information content (AvgIpc) is 3.43. The Morgan fingerprint density at radius 3 is 1.93 bits per heavy atom. The molecule has 3 aromatic carbocycles. The van der Waals surface area contributed by atoms with E-state index in [1.54, 1.807) is 0 Å². The predicted octanol–water partition coefficient (Wildman–Crippen LogP) is 6.86. The van der Waals surface area contributed by atoms with Crippen LogP contribution in [-0.2, 0) is 15.6 Å². The Labute approximate surface area is 186 Å².